The number of benzene rings is 1. The number of carboxylic acid groups (broad SMARTS) is 1. The fourth-order valence-corrected chi connectivity index (χ4v) is 2.11. The monoisotopic (exact) mass is 310 g/mol. The molecule has 1 heterocycles. The van der Waals surface area contributed by atoms with Crippen LogP contribution in [0.4, 0.5) is 5.69 Å². The SMILES string of the molecule is CC(C)c1c(C(=O)O)nnn1-c1ccc(Cl)c([N+](=O)[O-])c1. The smallest absolute Gasteiger partial charge is 0.358 e. The highest BCUT2D eigenvalue weighted by atomic mass is 35.5. The Morgan fingerprint density at radius 1 is 1.48 bits per heavy atom. The molecule has 0 unspecified atom stereocenters. The van der Waals surface area contributed by atoms with Crippen molar-refractivity contribution in [3.63, 3.8) is 0 Å². The lowest BCUT2D eigenvalue weighted by molar-refractivity contribution is -0.384. The third-order valence-electron chi connectivity index (χ3n) is 2.83. The summed E-state index contributed by atoms with van der Waals surface area (Å²) in [5, 5.41) is 27.4. The van der Waals surface area contributed by atoms with Gasteiger partial charge < -0.3 is 5.11 Å². The number of halogens is 1. The van der Waals surface area contributed by atoms with Crippen molar-refractivity contribution < 1.29 is 14.8 Å². The van der Waals surface area contributed by atoms with E-state index in [-0.39, 0.29) is 22.3 Å². The first-order valence-electron chi connectivity index (χ1n) is 5.96. The summed E-state index contributed by atoms with van der Waals surface area (Å²) < 4.78 is 1.28. The normalized spacial score (nSPS) is 10.9. The number of nitro groups is 1. The van der Waals surface area contributed by atoms with Crippen LogP contribution in [-0.2, 0) is 0 Å². The molecule has 0 aliphatic rings. The van der Waals surface area contributed by atoms with Crippen molar-refractivity contribution in [2.75, 3.05) is 0 Å². The highest BCUT2D eigenvalue weighted by Gasteiger charge is 2.23. The first-order chi connectivity index (χ1) is 9.82. The summed E-state index contributed by atoms with van der Waals surface area (Å²) >= 11 is 5.76. The first kappa shape index (κ1) is 14.9. The van der Waals surface area contributed by atoms with E-state index in [4.69, 9.17) is 16.7 Å². The largest absolute Gasteiger partial charge is 0.476 e. The van der Waals surface area contributed by atoms with Gasteiger partial charge >= 0.3 is 5.97 Å². The lowest BCUT2D eigenvalue weighted by Gasteiger charge is -2.10. The van der Waals surface area contributed by atoms with Crippen molar-refractivity contribution in [1.82, 2.24) is 15.0 Å². The topological polar surface area (TPSA) is 111 Å². The van der Waals surface area contributed by atoms with Crippen molar-refractivity contribution in [1.29, 1.82) is 0 Å². The number of aromatic carboxylic acids is 1. The van der Waals surface area contributed by atoms with Gasteiger partial charge in [0.25, 0.3) is 5.69 Å². The highest BCUT2D eigenvalue weighted by molar-refractivity contribution is 6.32. The number of carbonyl (C=O) groups is 1. The number of nitrogens with zero attached hydrogens (tertiary/aromatic N) is 4. The molecule has 0 bridgehead atoms. The Morgan fingerprint density at radius 2 is 2.14 bits per heavy atom. The van der Waals surface area contributed by atoms with E-state index in [2.05, 4.69) is 10.3 Å². The maximum atomic E-state index is 11.2. The van der Waals surface area contributed by atoms with Gasteiger partial charge in [0.2, 0.25) is 0 Å². The molecule has 1 N–H and O–H groups in total. The Morgan fingerprint density at radius 3 is 2.67 bits per heavy atom. The van der Waals surface area contributed by atoms with Crippen molar-refractivity contribution in [3.05, 3.63) is 44.7 Å². The number of carboxylic acids is 1. The fourth-order valence-electron chi connectivity index (χ4n) is 1.92. The van der Waals surface area contributed by atoms with E-state index in [9.17, 15) is 14.9 Å². The van der Waals surface area contributed by atoms with E-state index in [0.717, 1.165) is 0 Å². The van der Waals surface area contributed by atoms with Gasteiger partial charge in [0.05, 0.1) is 16.3 Å². The summed E-state index contributed by atoms with van der Waals surface area (Å²) in [5.41, 5.74) is 0.229. The number of nitro benzene ring substituents is 1. The van der Waals surface area contributed by atoms with Gasteiger partial charge in [0.15, 0.2) is 5.69 Å². The fraction of sp³-hybridized carbons (Fsp3) is 0.250. The van der Waals surface area contributed by atoms with Crippen LogP contribution in [-0.4, -0.2) is 31.0 Å². The van der Waals surface area contributed by atoms with Gasteiger partial charge in [-0.15, -0.1) is 5.10 Å². The maximum Gasteiger partial charge on any atom is 0.358 e. The lowest BCUT2D eigenvalue weighted by atomic mass is 10.1. The molecule has 2 rings (SSSR count). The number of hydrogen-bond acceptors (Lipinski definition) is 5. The zero-order valence-corrected chi connectivity index (χ0v) is 11.9. The zero-order valence-electron chi connectivity index (χ0n) is 11.1. The molecule has 0 aliphatic heterocycles. The Kier molecular flexibility index (Phi) is 3.90. The van der Waals surface area contributed by atoms with Crippen LogP contribution in [0.5, 0.6) is 0 Å². The Balaban J connectivity index is 2.65. The highest BCUT2D eigenvalue weighted by Crippen LogP contribution is 2.28. The van der Waals surface area contributed by atoms with Crippen LogP contribution in [0.25, 0.3) is 5.69 Å². The molecule has 1 aromatic carbocycles. The molecule has 0 saturated heterocycles. The van der Waals surface area contributed by atoms with Crippen LogP contribution in [0.3, 0.4) is 0 Å². The minimum absolute atomic E-state index is 0.00609. The summed E-state index contributed by atoms with van der Waals surface area (Å²) in [7, 11) is 0. The summed E-state index contributed by atoms with van der Waals surface area (Å²) in [5.74, 6) is -1.38. The van der Waals surface area contributed by atoms with Gasteiger partial charge in [-0.05, 0) is 18.1 Å². The summed E-state index contributed by atoms with van der Waals surface area (Å²) in [4.78, 5) is 21.5. The van der Waals surface area contributed by atoms with E-state index in [1.165, 1.54) is 22.9 Å². The molecule has 0 fully saturated rings. The van der Waals surface area contributed by atoms with Gasteiger partial charge in [0.1, 0.15) is 5.02 Å². The van der Waals surface area contributed by atoms with Crippen molar-refractivity contribution in [3.8, 4) is 5.69 Å². The lowest BCUT2D eigenvalue weighted by Crippen LogP contribution is -2.08. The minimum atomic E-state index is -1.20. The average Bonchev–Trinajstić information content (AvgIpc) is 2.83. The Bertz CT molecular complexity index is 726. The van der Waals surface area contributed by atoms with Crippen LogP contribution < -0.4 is 0 Å². The van der Waals surface area contributed by atoms with Gasteiger partial charge in [-0.2, -0.15) is 0 Å². The standard InChI is InChI=1S/C12H11ClN4O4/c1-6(2)11-10(12(18)19)14-15-16(11)7-3-4-8(13)9(5-7)17(20)21/h3-6H,1-2H3,(H,18,19). The minimum Gasteiger partial charge on any atom is -0.476 e. The van der Waals surface area contributed by atoms with E-state index in [1.54, 1.807) is 13.8 Å². The van der Waals surface area contributed by atoms with Gasteiger partial charge in [0, 0.05) is 6.07 Å². The molecule has 21 heavy (non-hydrogen) atoms. The second kappa shape index (κ2) is 5.49. The molecule has 1 aromatic heterocycles. The molecule has 0 saturated carbocycles. The van der Waals surface area contributed by atoms with Crippen LogP contribution in [0.2, 0.25) is 5.02 Å². The quantitative estimate of drug-likeness (QED) is 0.686. The number of rotatable bonds is 4. The Labute approximate surface area is 124 Å². The third kappa shape index (κ3) is 2.70. The van der Waals surface area contributed by atoms with E-state index in [0.29, 0.717) is 11.4 Å². The first-order valence-corrected chi connectivity index (χ1v) is 6.34. The number of hydrogen-bond donors (Lipinski definition) is 1. The predicted molar refractivity (Wildman–Crippen MR) is 74.1 cm³/mol. The van der Waals surface area contributed by atoms with Crippen LogP contribution >= 0.6 is 11.6 Å². The van der Waals surface area contributed by atoms with Crippen LogP contribution in [0.15, 0.2) is 18.2 Å². The van der Waals surface area contributed by atoms with E-state index in [1.807, 2.05) is 0 Å². The van der Waals surface area contributed by atoms with Crippen molar-refractivity contribution in [2.45, 2.75) is 19.8 Å². The molecule has 110 valence electrons. The molecule has 0 amide bonds. The molecule has 0 aliphatic carbocycles. The molecule has 9 heteroatoms. The van der Waals surface area contributed by atoms with Gasteiger partial charge in [-0.25, -0.2) is 9.48 Å². The molecule has 0 atom stereocenters. The van der Waals surface area contributed by atoms with Crippen LogP contribution in [0.1, 0.15) is 35.9 Å². The Hall–Kier alpha value is -2.48. The summed E-state index contributed by atoms with van der Waals surface area (Å²) in [6, 6.07) is 4.11. The zero-order chi connectivity index (χ0) is 15.7. The van der Waals surface area contributed by atoms with Crippen LogP contribution in [0, 0.1) is 10.1 Å². The van der Waals surface area contributed by atoms with Crippen molar-refractivity contribution >= 4 is 23.3 Å². The molecule has 0 radical (unpaired) electrons. The maximum absolute atomic E-state index is 11.2. The molecule has 0 spiro atoms. The van der Waals surface area contributed by atoms with Crippen molar-refractivity contribution in [2.24, 2.45) is 0 Å². The van der Waals surface area contributed by atoms with E-state index < -0.39 is 10.9 Å². The predicted octanol–water partition coefficient (Wildman–Crippen LogP) is 2.65. The van der Waals surface area contributed by atoms with Gasteiger partial charge in [-0.1, -0.05) is 30.7 Å². The molecule has 8 nitrogen and oxygen atoms in total. The molecular weight excluding hydrogens is 300 g/mol. The van der Waals surface area contributed by atoms with E-state index >= 15 is 0 Å². The molecule has 2 aromatic rings. The van der Waals surface area contributed by atoms with Gasteiger partial charge in [-0.3, -0.25) is 10.1 Å². The average molecular weight is 311 g/mol. The third-order valence-corrected chi connectivity index (χ3v) is 3.15. The molecular formula is C12H11ClN4O4. The second-order valence-corrected chi connectivity index (χ2v) is 4.99. The summed E-state index contributed by atoms with van der Waals surface area (Å²) in [6.07, 6.45) is 0. The second-order valence-electron chi connectivity index (χ2n) is 4.59. The summed E-state index contributed by atoms with van der Waals surface area (Å²) in [6.45, 7) is 3.57. The number of aromatic nitrogens is 3.